The van der Waals surface area contributed by atoms with Gasteiger partial charge < -0.3 is 15.0 Å². The predicted octanol–water partition coefficient (Wildman–Crippen LogP) is 1.07. The van der Waals surface area contributed by atoms with E-state index in [4.69, 9.17) is 4.74 Å². The van der Waals surface area contributed by atoms with Crippen LogP contribution in [0, 0.1) is 0 Å². The van der Waals surface area contributed by atoms with Gasteiger partial charge in [0.2, 0.25) is 11.8 Å². The lowest BCUT2D eigenvalue weighted by Crippen LogP contribution is -2.73. The molecule has 0 aromatic rings. The van der Waals surface area contributed by atoms with Crippen LogP contribution < -0.4 is 5.32 Å². The highest BCUT2D eigenvalue weighted by molar-refractivity contribution is 5.99. The van der Waals surface area contributed by atoms with Crippen molar-refractivity contribution in [2.24, 2.45) is 0 Å². The van der Waals surface area contributed by atoms with Crippen LogP contribution in [0.2, 0.25) is 0 Å². The van der Waals surface area contributed by atoms with Crippen molar-refractivity contribution >= 4 is 11.8 Å². The van der Waals surface area contributed by atoms with Crippen molar-refractivity contribution in [3.05, 3.63) is 0 Å². The molecule has 5 nitrogen and oxygen atoms in total. The number of piperazine rings is 1. The topological polar surface area (TPSA) is 58.6 Å². The summed E-state index contributed by atoms with van der Waals surface area (Å²) in [5, 5.41) is 2.83. The Balaban J connectivity index is 2.36. The Bertz CT molecular complexity index is 386. The third-order valence-electron chi connectivity index (χ3n) is 4.34. The summed E-state index contributed by atoms with van der Waals surface area (Å²) < 4.78 is 5.40. The highest BCUT2D eigenvalue weighted by Crippen LogP contribution is 2.34. The molecule has 5 heteroatoms. The van der Waals surface area contributed by atoms with E-state index in [1.165, 1.54) is 0 Å². The monoisotopic (exact) mass is 268 g/mol. The Kier molecular flexibility index (Phi) is 3.60. The molecular weight excluding hydrogens is 244 g/mol. The quantitative estimate of drug-likeness (QED) is 0.815. The normalized spacial score (nSPS) is 30.1. The Labute approximate surface area is 114 Å². The van der Waals surface area contributed by atoms with Crippen LogP contribution in [0.5, 0.6) is 0 Å². The van der Waals surface area contributed by atoms with Crippen LogP contribution in [0.4, 0.5) is 0 Å². The number of ether oxygens (including phenoxy) is 1. The van der Waals surface area contributed by atoms with E-state index in [0.29, 0.717) is 19.6 Å². The zero-order valence-corrected chi connectivity index (χ0v) is 12.3. The van der Waals surface area contributed by atoms with E-state index >= 15 is 0 Å². The first-order chi connectivity index (χ1) is 8.82. The van der Waals surface area contributed by atoms with Crippen LogP contribution in [0.1, 0.15) is 47.0 Å². The fourth-order valence-electron chi connectivity index (χ4n) is 3.05. The molecule has 1 atom stereocenters. The lowest BCUT2D eigenvalue weighted by Gasteiger charge is -2.52. The minimum absolute atomic E-state index is 0.0170. The average molecular weight is 268 g/mol. The molecule has 0 aromatic heterocycles. The minimum atomic E-state index is -0.815. The Hall–Kier alpha value is -1.10. The van der Waals surface area contributed by atoms with Crippen LogP contribution in [-0.2, 0) is 14.3 Å². The smallest absolute Gasteiger partial charge is 0.248 e. The lowest BCUT2D eigenvalue weighted by atomic mass is 9.84. The van der Waals surface area contributed by atoms with Gasteiger partial charge in [0.15, 0.2) is 0 Å². The number of nitrogens with zero attached hydrogens (tertiary/aromatic N) is 1. The summed E-state index contributed by atoms with van der Waals surface area (Å²) in [6.07, 6.45) is 2.22. The summed E-state index contributed by atoms with van der Waals surface area (Å²) in [7, 11) is 0. The molecule has 0 bridgehead atoms. The molecule has 2 saturated heterocycles. The maximum absolute atomic E-state index is 12.7. The van der Waals surface area contributed by atoms with Crippen molar-refractivity contribution in [1.82, 2.24) is 10.2 Å². The summed E-state index contributed by atoms with van der Waals surface area (Å²) in [4.78, 5) is 26.8. The second-order valence-corrected chi connectivity index (χ2v) is 6.32. The van der Waals surface area contributed by atoms with Gasteiger partial charge in [-0.05, 0) is 40.0 Å². The summed E-state index contributed by atoms with van der Waals surface area (Å²) in [5.74, 6) is -0.0248. The molecule has 0 aliphatic carbocycles. The largest absolute Gasteiger partial charge is 0.381 e. The first kappa shape index (κ1) is 14.3. The lowest BCUT2D eigenvalue weighted by molar-refractivity contribution is -0.165. The van der Waals surface area contributed by atoms with Gasteiger partial charge in [-0.15, -0.1) is 0 Å². The van der Waals surface area contributed by atoms with E-state index in [0.717, 1.165) is 12.8 Å². The number of hydrogen-bond acceptors (Lipinski definition) is 3. The van der Waals surface area contributed by atoms with Crippen LogP contribution in [0.3, 0.4) is 0 Å². The van der Waals surface area contributed by atoms with Gasteiger partial charge in [0.1, 0.15) is 11.6 Å². The van der Waals surface area contributed by atoms with Gasteiger partial charge in [0.05, 0.1) is 0 Å². The highest BCUT2D eigenvalue weighted by Gasteiger charge is 2.51. The zero-order valence-electron chi connectivity index (χ0n) is 12.3. The van der Waals surface area contributed by atoms with E-state index in [9.17, 15) is 9.59 Å². The summed E-state index contributed by atoms with van der Waals surface area (Å²) in [5.41, 5.74) is -1.09. The number of nitrogens with one attached hydrogen (secondary N) is 1. The molecule has 108 valence electrons. The van der Waals surface area contributed by atoms with Crippen molar-refractivity contribution in [1.29, 1.82) is 0 Å². The molecule has 2 heterocycles. The highest BCUT2D eigenvalue weighted by atomic mass is 16.5. The first-order valence-electron chi connectivity index (χ1n) is 7.05. The molecule has 0 radical (unpaired) electrons. The van der Waals surface area contributed by atoms with E-state index in [-0.39, 0.29) is 23.4 Å². The molecular formula is C14H24N2O3. The maximum atomic E-state index is 12.7. The van der Waals surface area contributed by atoms with Crippen LogP contribution >= 0.6 is 0 Å². The van der Waals surface area contributed by atoms with E-state index in [2.05, 4.69) is 12.2 Å². The maximum Gasteiger partial charge on any atom is 0.248 e. The number of carbonyl (C=O) groups excluding carboxylic acids is 2. The number of carbonyl (C=O) groups is 2. The van der Waals surface area contributed by atoms with Gasteiger partial charge >= 0.3 is 0 Å². The molecule has 2 aliphatic rings. The van der Waals surface area contributed by atoms with Gasteiger partial charge in [-0.1, -0.05) is 6.92 Å². The number of hydrogen-bond donors (Lipinski definition) is 1. The van der Waals surface area contributed by atoms with Gasteiger partial charge in [-0.2, -0.15) is 0 Å². The minimum Gasteiger partial charge on any atom is -0.381 e. The van der Waals surface area contributed by atoms with Gasteiger partial charge in [-0.25, -0.2) is 0 Å². The van der Waals surface area contributed by atoms with E-state index < -0.39 is 5.54 Å². The predicted molar refractivity (Wildman–Crippen MR) is 71.6 cm³/mol. The SMILES string of the molecule is CCC1C(=O)NC(C)(C)C(=O)N1C1(C)CCOCC1. The standard InChI is InChI=1S/C14H24N2O3/c1-5-10-11(17)15-13(2,3)12(18)16(10)14(4)6-8-19-9-7-14/h10H,5-9H2,1-4H3,(H,15,17). The zero-order chi connectivity index (χ0) is 14.3. The van der Waals surface area contributed by atoms with Crippen LogP contribution in [0.25, 0.3) is 0 Å². The number of amides is 2. The Morgan fingerprint density at radius 2 is 1.84 bits per heavy atom. The number of rotatable bonds is 2. The van der Waals surface area contributed by atoms with E-state index in [1.807, 2.05) is 11.8 Å². The average Bonchev–Trinajstić information content (AvgIpc) is 2.33. The van der Waals surface area contributed by atoms with Crippen molar-refractivity contribution in [3.63, 3.8) is 0 Å². The van der Waals surface area contributed by atoms with Gasteiger partial charge in [0, 0.05) is 18.8 Å². The molecule has 1 N–H and O–H groups in total. The molecule has 2 rings (SSSR count). The Morgan fingerprint density at radius 1 is 1.26 bits per heavy atom. The third kappa shape index (κ3) is 2.36. The fraction of sp³-hybridized carbons (Fsp3) is 0.857. The second-order valence-electron chi connectivity index (χ2n) is 6.32. The summed E-state index contributed by atoms with van der Waals surface area (Å²) in [6.45, 7) is 8.87. The molecule has 2 fully saturated rings. The molecule has 0 saturated carbocycles. The van der Waals surface area contributed by atoms with Gasteiger partial charge in [-0.3, -0.25) is 9.59 Å². The molecule has 2 aliphatic heterocycles. The second kappa shape index (κ2) is 4.78. The summed E-state index contributed by atoms with van der Waals surface area (Å²) >= 11 is 0. The Morgan fingerprint density at radius 3 is 2.37 bits per heavy atom. The van der Waals surface area contributed by atoms with Gasteiger partial charge in [0.25, 0.3) is 0 Å². The first-order valence-corrected chi connectivity index (χ1v) is 7.05. The fourth-order valence-corrected chi connectivity index (χ4v) is 3.05. The van der Waals surface area contributed by atoms with Crippen LogP contribution in [0.15, 0.2) is 0 Å². The molecule has 0 spiro atoms. The molecule has 0 aromatic carbocycles. The third-order valence-corrected chi connectivity index (χ3v) is 4.34. The van der Waals surface area contributed by atoms with E-state index in [1.54, 1.807) is 13.8 Å². The van der Waals surface area contributed by atoms with Crippen molar-refractivity contribution in [2.75, 3.05) is 13.2 Å². The van der Waals surface area contributed by atoms with Crippen molar-refractivity contribution in [3.8, 4) is 0 Å². The molecule has 1 unspecified atom stereocenters. The molecule has 19 heavy (non-hydrogen) atoms. The van der Waals surface area contributed by atoms with Crippen molar-refractivity contribution < 1.29 is 14.3 Å². The molecule has 2 amide bonds. The van der Waals surface area contributed by atoms with Crippen molar-refractivity contribution in [2.45, 2.75) is 64.1 Å². The summed E-state index contributed by atoms with van der Waals surface area (Å²) in [6, 6.07) is -0.358. The van der Waals surface area contributed by atoms with Crippen LogP contribution in [-0.4, -0.2) is 47.0 Å².